The molecule has 2 heterocycles. The minimum atomic E-state index is -3.10. The maximum absolute atomic E-state index is 16.6. The lowest BCUT2D eigenvalue weighted by Crippen LogP contribution is -2.61. The van der Waals surface area contributed by atoms with Crippen molar-refractivity contribution >= 4 is 23.2 Å². The fraction of sp³-hybridized carbons (Fsp3) is 0.316. The first-order valence-electron chi connectivity index (χ1n) is 8.27. The first-order valence-corrected chi connectivity index (χ1v) is 9.08. The summed E-state index contributed by atoms with van der Waals surface area (Å²) >= 11 is 0.993. The summed E-state index contributed by atoms with van der Waals surface area (Å²) in [6, 6.07) is 9.47. The molecular formula is C19H17F3N4OS. The largest absolute Gasteiger partial charge is 0.369 e. The Labute approximate surface area is 163 Å². The van der Waals surface area contributed by atoms with Gasteiger partial charge in [0.15, 0.2) is 5.96 Å². The molecule has 0 saturated carbocycles. The number of guanidine groups is 1. The standard InChI is InChI=1S/C19H17F3N4OS/c1-17(14-9-8-13(10-23)28-14)19(22,15(27)26(3)16(24)25-17)12-6-4-11(5-7-12)18(2,20)21/h4-9H,1-3H3,(H2,24,25)/t17-,19+/m1/s1. The number of carbonyl (C=O) groups excluding carboxylic acids is 1. The third kappa shape index (κ3) is 2.76. The number of carbonyl (C=O) groups is 1. The van der Waals surface area contributed by atoms with Crippen molar-refractivity contribution in [1.29, 1.82) is 5.26 Å². The van der Waals surface area contributed by atoms with Crippen LogP contribution in [0.1, 0.15) is 34.7 Å². The van der Waals surface area contributed by atoms with Gasteiger partial charge in [0, 0.05) is 30.0 Å². The number of nitrogens with two attached hydrogens (primary N) is 1. The second-order valence-electron chi connectivity index (χ2n) is 6.81. The van der Waals surface area contributed by atoms with Crippen LogP contribution in [0.4, 0.5) is 13.2 Å². The summed E-state index contributed by atoms with van der Waals surface area (Å²) in [6.45, 7) is 2.14. The highest BCUT2D eigenvalue weighted by molar-refractivity contribution is 7.12. The van der Waals surface area contributed by atoms with Crippen molar-refractivity contribution < 1.29 is 18.0 Å². The zero-order chi connectivity index (χ0) is 20.9. The SMILES string of the molecule is CN1C(=O)[C@@](F)(c2ccc(C(C)(F)F)cc2)[C@@](C)(c2ccc(C#N)s2)N=C1N. The Hall–Kier alpha value is -2.86. The van der Waals surface area contributed by atoms with Crippen LogP contribution in [0.15, 0.2) is 41.4 Å². The van der Waals surface area contributed by atoms with Gasteiger partial charge < -0.3 is 5.73 Å². The summed E-state index contributed by atoms with van der Waals surface area (Å²) in [6.07, 6.45) is 0. The van der Waals surface area contributed by atoms with Crippen molar-refractivity contribution in [1.82, 2.24) is 4.90 Å². The Morgan fingerprint density at radius 3 is 2.36 bits per heavy atom. The lowest BCUT2D eigenvalue weighted by Gasteiger charge is -2.44. The third-order valence-corrected chi connectivity index (χ3v) is 6.14. The summed E-state index contributed by atoms with van der Waals surface area (Å²) in [5.74, 6) is -4.24. The Bertz CT molecular complexity index is 1010. The minimum absolute atomic E-state index is 0.122. The van der Waals surface area contributed by atoms with E-state index in [1.807, 2.05) is 6.07 Å². The van der Waals surface area contributed by atoms with Crippen LogP contribution in [-0.4, -0.2) is 23.8 Å². The maximum atomic E-state index is 16.6. The number of likely N-dealkylation sites (N-methyl/N-ethyl adjacent to an activating group) is 1. The highest BCUT2D eigenvalue weighted by atomic mass is 32.1. The van der Waals surface area contributed by atoms with Gasteiger partial charge in [0.25, 0.3) is 11.8 Å². The molecule has 0 radical (unpaired) electrons. The van der Waals surface area contributed by atoms with Crippen LogP contribution in [0.2, 0.25) is 0 Å². The molecule has 0 unspecified atom stereocenters. The van der Waals surface area contributed by atoms with Crippen molar-refractivity contribution in [3.63, 3.8) is 0 Å². The number of nitrogens with zero attached hydrogens (tertiary/aromatic N) is 3. The fourth-order valence-electron chi connectivity index (χ4n) is 3.21. The molecule has 2 N–H and O–H groups in total. The van der Waals surface area contributed by atoms with E-state index in [9.17, 15) is 13.6 Å². The van der Waals surface area contributed by atoms with E-state index >= 15 is 4.39 Å². The highest BCUT2D eigenvalue weighted by Crippen LogP contribution is 2.51. The van der Waals surface area contributed by atoms with E-state index in [2.05, 4.69) is 4.99 Å². The van der Waals surface area contributed by atoms with Gasteiger partial charge in [-0.25, -0.2) is 18.2 Å². The number of aliphatic imine (C=N–C) groups is 1. The van der Waals surface area contributed by atoms with Crippen LogP contribution in [0, 0.1) is 11.3 Å². The molecule has 2 aromatic rings. The van der Waals surface area contributed by atoms with Crippen LogP contribution in [-0.2, 0) is 21.9 Å². The molecule has 28 heavy (non-hydrogen) atoms. The minimum Gasteiger partial charge on any atom is -0.369 e. The molecule has 0 fully saturated rings. The van der Waals surface area contributed by atoms with Crippen LogP contribution in [0.3, 0.4) is 0 Å². The van der Waals surface area contributed by atoms with Gasteiger partial charge in [0.1, 0.15) is 16.5 Å². The Balaban J connectivity index is 2.24. The summed E-state index contributed by atoms with van der Waals surface area (Å²) in [5.41, 5.74) is 0.934. The fourth-order valence-corrected chi connectivity index (χ4v) is 4.15. The first-order chi connectivity index (χ1) is 12.9. The van der Waals surface area contributed by atoms with Gasteiger partial charge in [0.2, 0.25) is 5.67 Å². The van der Waals surface area contributed by atoms with Crippen molar-refractivity contribution in [3.05, 3.63) is 57.3 Å². The molecule has 1 aromatic heterocycles. The molecule has 2 atom stereocenters. The van der Waals surface area contributed by atoms with Gasteiger partial charge in [-0.3, -0.25) is 9.69 Å². The van der Waals surface area contributed by atoms with E-state index in [4.69, 9.17) is 11.0 Å². The molecule has 0 saturated heterocycles. The first kappa shape index (κ1) is 19.9. The number of rotatable bonds is 3. The smallest absolute Gasteiger partial charge is 0.274 e. The zero-order valence-electron chi connectivity index (χ0n) is 15.3. The summed E-state index contributed by atoms with van der Waals surface area (Å²) in [7, 11) is 1.29. The van der Waals surface area contributed by atoms with Crippen LogP contribution in [0.25, 0.3) is 0 Å². The van der Waals surface area contributed by atoms with Crippen molar-refractivity contribution in [2.45, 2.75) is 31.0 Å². The normalized spacial score (nSPS) is 25.4. The molecule has 0 spiro atoms. The average molecular weight is 406 g/mol. The lowest BCUT2D eigenvalue weighted by atomic mass is 9.74. The number of halogens is 3. The van der Waals surface area contributed by atoms with Crippen molar-refractivity contribution in [2.75, 3.05) is 7.05 Å². The molecule has 0 aliphatic carbocycles. The quantitative estimate of drug-likeness (QED) is 0.846. The van der Waals surface area contributed by atoms with Gasteiger partial charge in [-0.1, -0.05) is 24.3 Å². The molecule has 1 aliphatic rings. The van der Waals surface area contributed by atoms with Crippen molar-refractivity contribution in [2.24, 2.45) is 10.7 Å². The highest BCUT2D eigenvalue weighted by Gasteiger charge is 2.62. The molecule has 5 nitrogen and oxygen atoms in total. The topological polar surface area (TPSA) is 82.5 Å². The molecule has 9 heteroatoms. The van der Waals surface area contributed by atoms with E-state index < -0.39 is 23.0 Å². The number of alkyl halides is 3. The second-order valence-corrected chi connectivity index (χ2v) is 7.89. The summed E-state index contributed by atoms with van der Waals surface area (Å²) < 4.78 is 43.7. The van der Waals surface area contributed by atoms with Gasteiger partial charge in [-0.2, -0.15) is 5.26 Å². The van der Waals surface area contributed by atoms with Gasteiger partial charge >= 0.3 is 0 Å². The monoisotopic (exact) mass is 406 g/mol. The third-order valence-electron chi connectivity index (χ3n) is 4.94. The Morgan fingerprint density at radius 1 is 1.25 bits per heavy atom. The molecule has 1 amide bonds. The van der Waals surface area contributed by atoms with E-state index in [0.29, 0.717) is 9.75 Å². The molecule has 3 rings (SSSR count). The van der Waals surface area contributed by atoms with Crippen LogP contribution < -0.4 is 5.73 Å². The lowest BCUT2D eigenvalue weighted by molar-refractivity contribution is -0.146. The maximum Gasteiger partial charge on any atom is 0.274 e. The van der Waals surface area contributed by atoms with E-state index in [-0.39, 0.29) is 17.1 Å². The summed E-state index contributed by atoms with van der Waals surface area (Å²) in [5, 5.41) is 9.09. The molecular weight excluding hydrogens is 389 g/mol. The van der Waals surface area contributed by atoms with Crippen LogP contribution >= 0.6 is 11.3 Å². The van der Waals surface area contributed by atoms with Gasteiger partial charge in [-0.05, 0) is 19.1 Å². The van der Waals surface area contributed by atoms with Crippen LogP contribution in [0.5, 0.6) is 0 Å². The molecule has 1 aromatic carbocycles. The van der Waals surface area contributed by atoms with E-state index in [1.54, 1.807) is 0 Å². The Kier molecular flexibility index (Phi) is 4.51. The molecule has 146 valence electrons. The molecule has 0 bridgehead atoms. The van der Waals surface area contributed by atoms with Crippen molar-refractivity contribution in [3.8, 4) is 6.07 Å². The number of thiophene rings is 1. The number of hydrogen-bond donors (Lipinski definition) is 1. The summed E-state index contributed by atoms with van der Waals surface area (Å²) in [4.78, 5) is 18.8. The van der Waals surface area contributed by atoms with Gasteiger partial charge in [-0.15, -0.1) is 11.3 Å². The Morgan fingerprint density at radius 2 is 1.86 bits per heavy atom. The molecule has 1 aliphatic heterocycles. The predicted octanol–water partition coefficient (Wildman–Crippen LogP) is 3.60. The van der Waals surface area contributed by atoms with Gasteiger partial charge in [0.05, 0.1) is 0 Å². The number of nitriles is 1. The average Bonchev–Trinajstić information content (AvgIpc) is 3.14. The predicted molar refractivity (Wildman–Crippen MR) is 99.6 cm³/mol. The zero-order valence-corrected chi connectivity index (χ0v) is 16.1. The second kappa shape index (κ2) is 6.34. The number of hydrogen-bond acceptors (Lipinski definition) is 5. The van der Waals surface area contributed by atoms with E-state index in [0.717, 1.165) is 47.4 Å². The number of amides is 1. The van der Waals surface area contributed by atoms with E-state index in [1.165, 1.54) is 26.1 Å². The number of benzene rings is 1.